The number of hydrogen-bond acceptors (Lipinski definition) is 1. The van der Waals surface area contributed by atoms with Crippen LogP contribution in [0.1, 0.15) is 23.7 Å². The van der Waals surface area contributed by atoms with E-state index in [0.717, 1.165) is 13.0 Å². The number of amides is 1. The molecule has 1 N–H and O–H groups in total. The van der Waals surface area contributed by atoms with Crippen molar-refractivity contribution in [2.45, 2.75) is 13.3 Å². The van der Waals surface area contributed by atoms with E-state index in [1.165, 1.54) is 0 Å². The zero-order valence-corrected chi connectivity index (χ0v) is 9.07. The highest BCUT2D eigenvalue weighted by Crippen LogP contribution is 1.96. The molecule has 15 heavy (non-hydrogen) atoms. The Labute approximate surface area is 90.9 Å². The average Bonchev–Trinajstić information content (AvgIpc) is 2.30. The minimum absolute atomic E-state index is 0.0256. The zero-order valence-electron chi connectivity index (χ0n) is 9.07. The molecule has 0 aromatic heterocycles. The van der Waals surface area contributed by atoms with Crippen LogP contribution in [0.4, 0.5) is 0 Å². The number of nitrogens with one attached hydrogen (secondary N) is 1. The average molecular weight is 205 g/mol. The van der Waals surface area contributed by atoms with Crippen LogP contribution in [-0.2, 0) is 0 Å². The summed E-state index contributed by atoms with van der Waals surface area (Å²) in [7, 11) is 0. The summed E-state index contributed by atoms with van der Waals surface area (Å²) < 4.78 is 0. The first kappa shape index (κ1) is 11.7. The van der Waals surface area contributed by atoms with Gasteiger partial charge in [-0.3, -0.25) is 4.79 Å². The highest BCUT2D eigenvalue weighted by molar-refractivity contribution is 5.94. The van der Waals surface area contributed by atoms with Crippen molar-refractivity contribution in [2.24, 2.45) is 0 Å². The van der Waals surface area contributed by atoms with Crippen LogP contribution in [0.2, 0.25) is 0 Å². The number of benzene rings is 1. The van der Waals surface area contributed by atoms with Crippen molar-refractivity contribution >= 4 is 5.91 Å². The number of carbonyl (C=O) groups excluding carboxylic acids is 1. The van der Waals surface area contributed by atoms with Gasteiger partial charge in [-0.15, -0.1) is 0 Å². The lowest BCUT2D eigenvalue weighted by Gasteiger charge is -2.04. The molecule has 0 unspecified atom stereocenters. The van der Waals surface area contributed by atoms with Crippen LogP contribution in [0.3, 0.4) is 0 Å². The Morgan fingerprint density at radius 2 is 2.00 bits per heavy atom. The fraction of sp³-hybridized carbons (Fsp3) is 0.417. The molecule has 0 aliphatic rings. The Hall–Kier alpha value is -1.35. The monoisotopic (exact) mass is 205 g/mol. The van der Waals surface area contributed by atoms with Gasteiger partial charge in [-0.05, 0) is 18.6 Å². The van der Waals surface area contributed by atoms with Crippen molar-refractivity contribution in [3.63, 3.8) is 0 Å². The van der Waals surface area contributed by atoms with E-state index in [-0.39, 0.29) is 5.91 Å². The molecule has 0 fully saturated rings. The molecule has 1 aromatic carbocycles. The van der Waals surface area contributed by atoms with Crippen molar-refractivity contribution in [2.75, 3.05) is 19.6 Å². The first-order valence-electron chi connectivity index (χ1n) is 5.31. The van der Waals surface area contributed by atoms with E-state index in [4.69, 9.17) is 0 Å². The molecule has 0 spiro atoms. The molecule has 3 nitrogen and oxygen atoms in total. The van der Waals surface area contributed by atoms with Gasteiger partial charge in [-0.25, -0.2) is 5.32 Å². The van der Waals surface area contributed by atoms with Gasteiger partial charge in [0.15, 0.2) is 0 Å². The molecule has 1 aromatic rings. The molecule has 81 valence electrons. The van der Waals surface area contributed by atoms with Gasteiger partial charge in [0.05, 0.1) is 0 Å². The van der Waals surface area contributed by atoms with Crippen LogP contribution in [0.25, 0.3) is 0 Å². The molecular formula is C12H17N2O. The van der Waals surface area contributed by atoms with E-state index in [0.29, 0.717) is 18.7 Å². The van der Waals surface area contributed by atoms with Crippen molar-refractivity contribution in [3.8, 4) is 0 Å². The molecule has 0 atom stereocenters. The fourth-order valence-corrected chi connectivity index (χ4v) is 1.21. The van der Waals surface area contributed by atoms with Crippen molar-refractivity contribution in [1.82, 2.24) is 10.6 Å². The maximum atomic E-state index is 11.5. The van der Waals surface area contributed by atoms with Crippen molar-refractivity contribution in [1.29, 1.82) is 0 Å². The maximum absolute atomic E-state index is 11.5. The Morgan fingerprint density at radius 3 is 2.67 bits per heavy atom. The van der Waals surface area contributed by atoms with Gasteiger partial charge in [-0.1, -0.05) is 25.1 Å². The summed E-state index contributed by atoms with van der Waals surface area (Å²) in [5.74, 6) is -0.0256. The van der Waals surface area contributed by atoms with E-state index in [2.05, 4.69) is 17.6 Å². The van der Waals surface area contributed by atoms with Gasteiger partial charge in [0.2, 0.25) is 0 Å². The summed E-state index contributed by atoms with van der Waals surface area (Å²) in [6.07, 6.45) is 1.06. The van der Waals surface area contributed by atoms with Crippen LogP contribution in [-0.4, -0.2) is 25.5 Å². The Morgan fingerprint density at radius 1 is 1.27 bits per heavy atom. The molecule has 0 saturated carbocycles. The smallest absolute Gasteiger partial charge is 0.251 e. The van der Waals surface area contributed by atoms with Crippen LogP contribution < -0.4 is 10.6 Å². The summed E-state index contributed by atoms with van der Waals surface area (Å²) in [5.41, 5.74) is 0.702. The van der Waals surface area contributed by atoms with Crippen LogP contribution in [0, 0.1) is 0 Å². The fourth-order valence-electron chi connectivity index (χ4n) is 1.21. The zero-order chi connectivity index (χ0) is 10.9. The summed E-state index contributed by atoms with van der Waals surface area (Å²) in [4.78, 5) is 11.5. The normalized spacial score (nSPS) is 9.93. The molecule has 0 bridgehead atoms. The van der Waals surface area contributed by atoms with Crippen molar-refractivity contribution < 1.29 is 4.79 Å². The second kappa shape index (κ2) is 7.01. The molecule has 0 heterocycles. The van der Waals surface area contributed by atoms with E-state index in [1.807, 2.05) is 18.2 Å². The molecule has 0 aliphatic heterocycles. The van der Waals surface area contributed by atoms with Gasteiger partial charge in [0, 0.05) is 25.2 Å². The molecule has 1 radical (unpaired) electrons. The topological polar surface area (TPSA) is 43.2 Å². The van der Waals surface area contributed by atoms with Crippen molar-refractivity contribution in [3.05, 3.63) is 35.9 Å². The predicted octanol–water partition coefficient (Wildman–Crippen LogP) is 1.43. The number of hydrogen-bond donors (Lipinski definition) is 1. The first-order valence-corrected chi connectivity index (χ1v) is 5.31. The molecule has 0 saturated heterocycles. The van der Waals surface area contributed by atoms with Crippen LogP contribution in [0.5, 0.6) is 0 Å². The quantitative estimate of drug-likeness (QED) is 0.701. The third-order valence-corrected chi connectivity index (χ3v) is 1.97. The molecule has 0 aliphatic carbocycles. The van der Waals surface area contributed by atoms with Gasteiger partial charge in [-0.2, -0.15) is 0 Å². The first-order chi connectivity index (χ1) is 7.34. The summed E-state index contributed by atoms with van der Waals surface area (Å²) in [6, 6.07) is 9.22. The van der Waals surface area contributed by atoms with E-state index in [1.54, 1.807) is 12.1 Å². The SMILES string of the molecule is CCC[N]CCNC(=O)c1ccccc1. The lowest BCUT2D eigenvalue weighted by atomic mass is 10.2. The lowest BCUT2D eigenvalue weighted by Crippen LogP contribution is -2.29. The Balaban J connectivity index is 2.20. The summed E-state index contributed by atoms with van der Waals surface area (Å²) in [6.45, 7) is 4.29. The standard InChI is InChI=1S/C12H17N2O/c1-2-8-13-9-10-14-12(15)11-6-4-3-5-7-11/h3-7H,2,8-10H2,1H3,(H,14,15). The molecule has 3 heteroatoms. The third kappa shape index (κ3) is 4.61. The lowest BCUT2D eigenvalue weighted by molar-refractivity contribution is 0.0954. The van der Waals surface area contributed by atoms with Gasteiger partial charge in [0.25, 0.3) is 5.91 Å². The minimum Gasteiger partial charge on any atom is -0.351 e. The second-order valence-corrected chi connectivity index (χ2v) is 3.29. The van der Waals surface area contributed by atoms with Gasteiger partial charge in [0.1, 0.15) is 0 Å². The third-order valence-electron chi connectivity index (χ3n) is 1.97. The Bertz CT molecular complexity index is 285. The molecule has 1 rings (SSSR count). The van der Waals surface area contributed by atoms with Gasteiger partial charge >= 0.3 is 0 Å². The van der Waals surface area contributed by atoms with E-state index in [9.17, 15) is 4.79 Å². The van der Waals surface area contributed by atoms with E-state index >= 15 is 0 Å². The maximum Gasteiger partial charge on any atom is 0.251 e. The second-order valence-electron chi connectivity index (χ2n) is 3.29. The van der Waals surface area contributed by atoms with Crippen LogP contribution >= 0.6 is 0 Å². The number of carbonyl (C=O) groups is 1. The highest BCUT2D eigenvalue weighted by Gasteiger charge is 2.02. The molecular weight excluding hydrogens is 188 g/mol. The minimum atomic E-state index is -0.0256. The number of nitrogens with zero attached hydrogens (tertiary/aromatic N) is 1. The predicted molar refractivity (Wildman–Crippen MR) is 60.9 cm³/mol. The number of rotatable bonds is 6. The van der Waals surface area contributed by atoms with E-state index < -0.39 is 0 Å². The summed E-state index contributed by atoms with van der Waals surface area (Å²) in [5, 5.41) is 7.07. The highest BCUT2D eigenvalue weighted by atomic mass is 16.1. The van der Waals surface area contributed by atoms with Crippen LogP contribution in [0.15, 0.2) is 30.3 Å². The Kier molecular flexibility index (Phi) is 5.48. The van der Waals surface area contributed by atoms with Gasteiger partial charge < -0.3 is 5.32 Å². The largest absolute Gasteiger partial charge is 0.351 e. The molecule has 1 amide bonds. The summed E-state index contributed by atoms with van der Waals surface area (Å²) >= 11 is 0.